The molecule has 16 heavy (non-hydrogen) atoms. The number of H-pyrrole nitrogens is 1. The van der Waals surface area contributed by atoms with Crippen LogP contribution in [0.5, 0.6) is 0 Å². The number of carbonyl (C=O) groups is 1. The molecule has 0 saturated heterocycles. The molecular formula is C9H10ClN5O. The average Bonchev–Trinajstić information content (AvgIpc) is 2.71. The number of nitrogens with one attached hydrogen (secondary N) is 2. The van der Waals surface area contributed by atoms with Crippen LogP contribution in [0, 0.1) is 6.92 Å². The predicted octanol–water partition coefficient (Wildman–Crippen LogP) is 1.53. The molecule has 2 heterocycles. The van der Waals surface area contributed by atoms with Crippen molar-refractivity contribution in [1.82, 2.24) is 19.8 Å². The van der Waals surface area contributed by atoms with E-state index < -0.39 is 0 Å². The van der Waals surface area contributed by atoms with Crippen LogP contribution < -0.4 is 5.32 Å². The number of fused-ring (bicyclic) bond motifs is 1. The SMILES string of the molecule is C=C(C)C(=O)Nc1nnc2c(Cl)c(C)[nH]n12. The number of aryl methyl sites for hydroxylation is 1. The molecule has 2 N–H and O–H groups in total. The Morgan fingerprint density at radius 3 is 2.88 bits per heavy atom. The van der Waals surface area contributed by atoms with E-state index in [0.29, 0.717) is 16.2 Å². The second-order valence-electron chi connectivity index (χ2n) is 3.47. The summed E-state index contributed by atoms with van der Waals surface area (Å²) in [5.74, 6) is -0.0179. The molecule has 2 rings (SSSR count). The van der Waals surface area contributed by atoms with E-state index in [-0.39, 0.29) is 11.9 Å². The van der Waals surface area contributed by atoms with Crippen LogP contribution in [0.4, 0.5) is 5.95 Å². The Kier molecular flexibility index (Phi) is 2.43. The first-order valence-corrected chi connectivity index (χ1v) is 4.94. The smallest absolute Gasteiger partial charge is 0.253 e. The van der Waals surface area contributed by atoms with Crippen LogP contribution in [0.1, 0.15) is 12.6 Å². The van der Waals surface area contributed by atoms with Gasteiger partial charge in [0, 0.05) is 5.57 Å². The third kappa shape index (κ3) is 1.57. The molecule has 0 atom stereocenters. The zero-order valence-corrected chi connectivity index (χ0v) is 9.59. The summed E-state index contributed by atoms with van der Waals surface area (Å²) in [7, 11) is 0. The summed E-state index contributed by atoms with van der Waals surface area (Å²) in [4.78, 5) is 11.4. The molecule has 0 aliphatic rings. The number of aromatic amines is 1. The van der Waals surface area contributed by atoms with Gasteiger partial charge in [-0.25, -0.2) is 0 Å². The van der Waals surface area contributed by atoms with E-state index in [9.17, 15) is 4.79 Å². The van der Waals surface area contributed by atoms with Crippen molar-refractivity contribution in [2.24, 2.45) is 0 Å². The molecule has 0 saturated carbocycles. The van der Waals surface area contributed by atoms with Crippen molar-refractivity contribution in [3.05, 3.63) is 22.9 Å². The van der Waals surface area contributed by atoms with E-state index in [0.717, 1.165) is 5.69 Å². The Labute approximate surface area is 96.3 Å². The minimum atomic E-state index is -0.308. The Balaban J connectivity index is 2.42. The molecule has 6 nitrogen and oxygen atoms in total. The second kappa shape index (κ2) is 3.64. The molecule has 0 spiro atoms. The van der Waals surface area contributed by atoms with Crippen LogP contribution in [-0.2, 0) is 4.79 Å². The fourth-order valence-electron chi connectivity index (χ4n) is 1.21. The largest absolute Gasteiger partial charge is 0.292 e. The maximum Gasteiger partial charge on any atom is 0.253 e. The summed E-state index contributed by atoms with van der Waals surface area (Å²) in [6.07, 6.45) is 0. The van der Waals surface area contributed by atoms with Crippen LogP contribution in [0.3, 0.4) is 0 Å². The number of anilines is 1. The zero-order chi connectivity index (χ0) is 11.9. The predicted molar refractivity (Wildman–Crippen MR) is 60.5 cm³/mol. The van der Waals surface area contributed by atoms with E-state index >= 15 is 0 Å². The molecule has 0 aliphatic carbocycles. The first-order valence-electron chi connectivity index (χ1n) is 4.56. The van der Waals surface area contributed by atoms with Gasteiger partial charge in [0.1, 0.15) is 5.02 Å². The lowest BCUT2D eigenvalue weighted by molar-refractivity contribution is -0.112. The maximum absolute atomic E-state index is 11.4. The van der Waals surface area contributed by atoms with Crippen molar-refractivity contribution >= 4 is 29.1 Å². The lowest BCUT2D eigenvalue weighted by Crippen LogP contribution is -2.14. The van der Waals surface area contributed by atoms with Crippen molar-refractivity contribution in [2.75, 3.05) is 5.32 Å². The Hall–Kier alpha value is -1.82. The Morgan fingerprint density at radius 1 is 1.56 bits per heavy atom. The summed E-state index contributed by atoms with van der Waals surface area (Å²) in [6.45, 7) is 6.95. The third-order valence-corrected chi connectivity index (χ3v) is 2.53. The zero-order valence-electron chi connectivity index (χ0n) is 8.83. The molecule has 2 aromatic rings. The van der Waals surface area contributed by atoms with Crippen LogP contribution in [0.15, 0.2) is 12.2 Å². The monoisotopic (exact) mass is 239 g/mol. The maximum atomic E-state index is 11.4. The van der Waals surface area contributed by atoms with Crippen LogP contribution in [0.25, 0.3) is 5.65 Å². The average molecular weight is 240 g/mol. The summed E-state index contributed by atoms with van der Waals surface area (Å²) in [6, 6.07) is 0. The van der Waals surface area contributed by atoms with E-state index in [1.54, 1.807) is 13.8 Å². The fraction of sp³-hybridized carbons (Fsp3) is 0.222. The van der Waals surface area contributed by atoms with E-state index in [2.05, 4.69) is 27.2 Å². The standard InChI is InChI=1S/C9H10ClN5O/c1-4(2)8(16)11-9-13-12-7-6(10)5(3)14-15(7)9/h14H,1H2,2-3H3,(H,11,13,16). The molecule has 7 heteroatoms. The van der Waals surface area contributed by atoms with Crippen molar-refractivity contribution in [3.8, 4) is 0 Å². The van der Waals surface area contributed by atoms with Gasteiger partial charge in [-0.2, -0.15) is 4.52 Å². The van der Waals surface area contributed by atoms with Gasteiger partial charge in [0.15, 0.2) is 5.65 Å². The minimum absolute atomic E-state index is 0.290. The number of carbonyl (C=O) groups excluding carboxylic acids is 1. The molecule has 0 unspecified atom stereocenters. The Bertz CT molecular complexity index is 582. The molecule has 0 radical (unpaired) electrons. The van der Waals surface area contributed by atoms with Crippen molar-refractivity contribution in [1.29, 1.82) is 0 Å². The molecule has 1 amide bonds. The molecule has 0 bridgehead atoms. The number of amides is 1. The van der Waals surface area contributed by atoms with Crippen molar-refractivity contribution in [3.63, 3.8) is 0 Å². The second-order valence-corrected chi connectivity index (χ2v) is 3.85. The van der Waals surface area contributed by atoms with Crippen LogP contribution >= 0.6 is 11.6 Å². The van der Waals surface area contributed by atoms with Gasteiger partial charge in [-0.3, -0.25) is 15.2 Å². The Morgan fingerprint density at radius 2 is 2.25 bits per heavy atom. The van der Waals surface area contributed by atoms with Crippen molar-refractivity contribution < 1.29 is 4.79 Å². The van der Waals surface area contributed by atoms with Gasteiger partial charge in [0.2, 0.25) is 0 Å². The molecule has 84 valence electrons. The van der Waals surface area contributed by atoms with Gasteiger partial charge >= 0.3 is 0 Å². The number of hydrogen-bond donors (Lipinski definition) is 2. The van der Waals surface area contributed by atoms with Gasteiger partial charge in [-0.05, 0) is 13.8 Å². The molecule has 0 aromatic carbocycles. The highest BCUT2D eigenvalue weighted by Crippen LogP contribution is 2.21. The topological polar surface area (TPSA) is 75.1 Å². The molecular weight excluding hydrogens is 230 g/mol. The lowest BCUT2D eigenvalue weighted by Gasteiger charge is -2.00. The van der Waals surface area contributed by atoms with E-state index in [4.69, 9.17) is 11.6 Å². The third-order valence-electron chi connectivity index (χ3n) is 2.08. The number of aromatic nitrogens is 4. The van der Waals surface area contributed by atoms with Crippen LogP contribution in [-0.4, -0.2) is 25.7 Å². The summed E-state index contributed by atoms with van der Waals surface area (Å²) in [5, 5.41) is 13.7. The fourth-order valence-corrected chi connectivity index (χ4v) is 1.37. The molecule has 0 aliphatic heterocycles. The van der Waals surface area contributed by atoms with Gasteiger partial charge in [0.25, 0.3) is 11.9 Å². The quantitative estimate of drug-likeness (QED) is 0.781. The number of halogens is 1. The number of hydrogen-bond acceptors (Lipinski definition) is 3. The van der Waals surface area contributed by atoms with Gasteiger partial charge < -0.3 is 0 Å². The summed E-state index contributed by atoms with van der Waals surface area (Å²) >= 11 is 5.97. The minimum Gasteiger partial charge on any atom is -0.292 e. The van der Waals surface area contributed by atoms with E-state index in [1.807, 2.05) is 0 Å². The normalized spacial score (nSPS) is 10.7. The lowest BCUT2D eigenvalue weighted by atomic mass is 10.3. The van der Waals surface area contributed by atoms with Gasteiger partial charge in [0.05, 0.1) is 5.69 Å². The summed E-state index contributed by atoms with van der Waals surface area (Å²) < 4.78 is 1.51. The number of nitrogens with zero attached hydrogens (tertiary/aromatic N) is 3. The van der Waals surface area contributed by atoms with Crippen LogP contribution in [0.2, 0.25) is 5.02 Å². The molecule has 0 fully saturated rings. The number of rotatable bonds is 2. The van der Waals surface area contributed by atoms with E-state index in [1.165, 1.54) is 4.52 Å². The van der Waals surface area contributed by atoms with Gasteiger partial charge in [-0.15, -0.1) is 10.2 Å². The summed E-state index contributed by atoms with van der Waals surface area (Å²) in [5.41, 5.74) is 1.64. The molecule has 2 aromatic heterocycles. The first kappa shape index (κ1) is 10.7. The van der Waals surface area contributed by atoms with Gasteiger partial charge in [-0.1, -0.05) is 18.2 Å². The first-order chi connectivity index (χ1) is 7.50. The highest BCUT2D eigenvalue weighted by Gasteiger charge is 2.15. The highest BCUT2D eigenvalue weighted by atomic mass is 35.5. The highest BCUT2D eigenvalue weighted by molar-refractivity contribution is 6.34. The van der Waals surface area contributed by atoms with Crippen molar-refractivity contribution in [2.45, 2.75) is 13.8 Å².